The van der Waals surface area contributed by atoms with Crippen LogP contribution < -0.4 is 9.47 Å². The van der Waals surface area contributed by atoms with Gasteiger partial charge < -0.3 is 14.6 Å². The van der Waals surface area contributed by atoms with E-state index in [1.165, 1.54) is 31.3 Å². The quantitative estimate of drug-likeness (QED) is 0.359. The second kappa shape index (κ2) is 9.27. The number of aliphatic carboxylic acids is 1. The van der Waals surface area contributed by atoms with Gasteiger partial charge in [-0.15, -0.1) is 0 Å². The average molecular weight is 494 g/mol. The van der Waals surface area contributed by atoms with E-state index in [4.69, 9.17) is 14.6 Å². The minimum atomic E-state index is -4.06. The van der Waals surface area contributed by atoms with Gasteiger partial charge in [-0.2, -0.15) is 0 Å². The highest BCUT2D eigenvalue weighted by atomic mass is 32.2. The number of carboxylic acids is 1. The number of fused-ring (bicyclic) bond motifs is 1. The Kier molecular flexibility index (Phi) is 6.36. The van der Waals surface area contributed by atoms with Crippen molar-refractivity contribution in [1.29, 1.82) is 0 Å². The lowest BCUT2D eigenvalue weighted by Crippen LogP contribution is -2.13. The number of aryl methyl sites for hydroxylation is 1. The van der Waals surface area contributed by atoms with E-state index in [2.05, 4.69) is 0 Å². The van der Waals surface area contributed by atoms with Crippen LogP contribution in [0.25, 0.3) is 22.0 Å². The summed E-state index contributed by atoms with van der Waals surface area (Å²) in [4.78, 5) is 23.2. The Hall–Kier alpha value is -4.11. The molecule has 0 aliphatic heterocycles. The van der Waals surface area contributed by atoms with Crippen molar-refractivity contribution in [2.75, 3.05) is 13.7 Å². The number of carbonyl (C=O) groups is 2. The molecule has 0 amide bonds. The number of benzene rings is 3. The van der Waals surface area contributed by atoms with Crippen LogP contribution in [-0.2, 0) is 14.8 Å². The summed E-state index contributed by atoms with van der Waals surface area (Å²) >= 11 is 0. The van der Waals surface area contributed by atoms with E-state index in [0.29, 0.717) is 22.2 Å². The molecule has 0 aliphatic rings. The number of hydrogen-bond donors (Lipinski definition) is 1. The van der Waals surface area contributed by atoms with Crippen molar-refractivity contribution >= 4 is 32.7 Å². The van der Waals surface area contributed by atoms with Gasteiger partial charge in [0.2, 0.25) is 0 Å². The minimum Gasteiger partial charge on any atom is -0.497 e. The Labute approximate surface area is 202 Å². The SMILES string of the molecule is COc1ccc(-c2ccc3c(c2)c(C(C)=O)cn3S(=O)(=O)c2ccc(OCC(=O)O)c(C)c2)cc1. The molecule has 0 radical (unpaired) electrons. The Morgan fingerprint density at radius 3 is 2.26 bits per heavy atom. The fourth-order valence-corrected chi connectivity index (χ4v) is 5.30. The van der Waals surface area contributed by atoms with Crippen LogP contribution in [0.15, 0.2) is 71.8 Å². The summed E-state index contributed by atoms with van der Waals surface area (Å²) < 4.78 is 38.6. The molecule has 4 rings (SSSR count). The van der Waals surface area contributed by atoms with Crippen molar-refractivity contribution < 1.29 is 32.6 Å². The molecule has 0 bridgehead atoms. The van der Waals surface area contributed by atoms with Crippen LogP contribution in [0, 0.1) is 6.92 Å². The normalized spacial score (nSPS) is 11.4. The first-order chi connectivity index (χ1) is 16.6. The van der Waals surface area contributed by atoms with Crippen LogP contribution >= 0.6 is 0 Å². The highest BCUT2D eigenvalue weighted by molar-refractivity contribution is 7.90. The zero-order chi connectivity index (χ0) is 25.3. The number of ether oxygens (including phenoxy) is 2. The lowest BCUT2D eigenvalue weighted by molar-refractivity contribution is -0.139. The van der Waals surface area contributed by atoms with Crippen molar-refractivity contribution in [1.82, 2.24) is 3.97 Å². The molecule has 1 heterocycles. The van der Waals surface area contributed by atoms with Gasteiger partial charge in [0, 0.05) is 17.1 Å². The van der Waals surface area contributed by atoms with E-state index in [1.54, 1.807) is 32.2 Å². The Bertz CT molecular complexity index is 1550. The van der Waals surface area contributed by atoms with E-state index in [9.17, 15) is 18.0 Å². The van der Waals surface area contributed by atoms with Crippen LogP contribution in [0.2, 0.25) is 0 Å². The maximum atomic E-state index is 13.5. The molecule has 9 heteroatoms. The second-order valence-electron chi connectivity index (χ2n) is 7.97. The van der Waals surface area contributed by atoms with Crippen LogP contribution in [0.1, 0.15) is 22.8 Å². The molecule has 0 spiro atoms. The zero-order valence-electron chi connectivity index (χ0n) is 19.3. The minimum absolute atomic E-state index is 0.0103. The predicted molar refractivity (Wildman–Crippen MR) is 131 cm³/mol. The molecule has 1 aromatic heterocycles. The van der Waals surface area contributed by atoms with E-state index >= 15 is 0 Å². The molecular formula is C26H23NO7S. The van der Waals surface area contributed by atoms with Crippen molar-refractivity contribution in [2.45, 2.75) is 18.7 Å². The summed E-state index contributed by atoms with van der Waals surface area (Å²) in [6.07, 6.45) is 1.34. The van der Waals surface area contributed by atoms with Crippen molar-refractivity contribution in [3.8, 4) is 22.6 Å². The summed E-state index contributed by atoms with van der Waals surface area (Å²) in [5, 5.41) is 9.33. The zero-order valence-corrected chi connectivity index (χ0v) is 20.1. The first-order valence-corrected chi connectivity index (χ1v) is 12.1. The highest BCUT2D eigenvalue weighted by Crippen LogP contribution is 2.32. The number of rotatable bonds is 8. The summed E-state index contributed by atoms with van der Waals surface area (Å²) in [6.45, 7) is 2.49. The lowest BCUT2D eigenvalue weighted by Gasteiger charge is -2.11. The van der Waals surface area contributed by atoms with Crippen LogP contribution in [0.5, 0.6) is 11.5 Å². The number of ketones is 1. The lowest BCUT2D eigenvalue weighted by atomic mass is 10.0. The first-order valence-electron chi connectivity index (χ1n) is 10.6. The third-order valence-corrected chi connectivity index (χ3v) is 7.30. The molecule has 0 saturated carbocycles. The van der Waals surface area contributed by atoms with Crippen molar-refractivity contribution in [3.63, 3.8) is 0 Å². The fraction of sp³-hybridized carbons (Fsp3) is 0.154. The number of carboxylic acid groups (broad SMARTS) is 1. The van der Waals surface area contributed by atoms with Gasteiger partial charge in [-0.25, -0.2) is 17.2 Å². The number of hydrogen-bond acceptors (Lipinski definition) is 6. The Morgan fingerprint density at radius 2 is 1.66 bits per heavy atom. The molecule has 0 saturated heterocycles. The molecule has 1 N–H and O–H groups in total. The van der Waals surface area contributed by atoms with Crippen LogP contribution in [-0.4, -0.2) is 43.0 Å². The standard InChI is InChI=1S/C26H23NO7S/c1-16-12-21(9-11-25(16)34-15-26(29)30)35(31,32)27-14-23(17(2)28)22-13-19(6-10-24(22)27)18-4-7-20(33-3)8-5-18/h4-14H,15H2,1-3H3,(H,29,30). The topological polar surface area (TPSA) is 112 Å². The third kappa shape index (κ3) is 4.63. The number of aromatic nitrogens is 1. The summed E-state index contributed by atoms with van der Waals surface area (Å²) in [7, 11) is -2.47. The summed E-state index contributed by atoms with van der Waals surface area (Å²) in [5.74, 6) is -0.404. The number of nitrogens with zero attached hydrogens (tertiary/aromatic N) is 1. The second-order valence-corrected chi connectivity index (χ2v) is 9.78. The third-order valence-electron chi connectivity index (χ3n) is 5.63. The van der Waals surface area contributed by atoms with Gasteiger partial charge in [-0.05, 0) is 73.0 Å². The van der Waals surface area contributed by atoms with E-state index in [-0.39, 0.29) is 22.0 Å². The first kappa shape index (κ1) is 24.0. The van der Waals surface area contributed by atoms with Gasteiger partial charge >= 0.3 is 5.97 Å². The fourth-order valence-electron chi connectivity index (χ4n) is 3.84. The monoisotopic (exact) mass is 493 g/mol. The van der Waals surface area contributed by atoms with E-state index < -0.39 is 22.6 Å². The van der Waals surface area contributed by atoms with E-state index in [1.807, 2.05) is 24.3 Å². The van der Waals surface area contributed by atoms with Gasteiger partial charge in [-0.3, -0.25) is 4.79 Å². The molecule has 4 aromatic rings. The van der Waals surface area contributed by atoms with Crippen molar-refractivity contribution in [3.05, 3.63) is 78.0 Å². The van der Waals surface area contributed by atoms with Gasteiger partial charge in [0.25, 0.3) is 10.0 Å². The van der Waals surface area contributed by atoms with Crippen LogP contribution in [0.4, 0.5) is 0 Å². The maximum Gasteiger partial charge on any atom is 0.341 e. The average Bonchev–Trinajstić information content (AvgIpc) is 3.23. The molecule has 0 atom stereocenters. The number of carbonyl (C=O) groups excluding carboxylic acids is 1. The number of Topliss-reactive ketones (excluding diaryl/α,β-unsaturated/α-hetero) is 1. The van der Waals surface area contributed by atoms with Crippen molar-refractivity contribution in [2.24, 2.45) is 0 Å². The highest BCUT2D eigenvalue weighted by Gasteiger charge is 2.24. The van der Waals surface area contributed by atoms with Gasteiger partial charge in [0.1, 0.15) is 11.5 Å². The maximum absolute atomic E-state index is 13.5. The predicted octanol–water partition coefficient (Wildman–Crippen LogP) is 4.53. The molecule has 35 heavy (non-hydrogen) atoms. The number of methoxy groups -OCH3 is 1. The summed E-state index contributed by atoms with van der Waals surface area (Å²) in [6, 6.07) is 16.9. The Balaban J connectivity index is 1.80. The Morgan fingerprint density at radius 1 is 0.971 bits per heavy atom. The molecular weight excluding hydrogens is 470 g/mol. The molecule has 8 nitrogen and oxygen atoms in total. The smallest absolute Gasteiger partial charge is 0.341 e. The van der Waals surface area contributed by atoms with Crippen LogP contribution in [0.3, 0.4) is 0 Å². The largest absolute Gasteiger partial charge is 0.497 e. The summed E-state index contributed by atoms with van der Waals surface area (Å²) in [5.41, 5.74) is 2.85. The molecule has 0 unspecified atom stereocenters. The molecule has 0 aliphatic carbocycles. The molecule has 180 valence electrons. The molecule has 0 fully saturated rings. The van der Waals surface area contributed by atoms with E-state index in [0.717, 1.165) is 15.1 Å². The van der Waals surface area contributed by atoms with Gasteiger partial charge in [0.15, 0.2) is 12.4 Å². The molecule has 3 aromatic carbocycles. The van der Waals surface area contributed by atoms with Gasteiger partial charge in [0.05, 0.1) is 17.5 Å². The van der Waals surface area contributed by atoms with Gasteiger partial charge in [-0.1, -0.05) is 18.2 Å².